The molecule has 0 rings (SSSR count). The molecule has 0 amide bonds. The Balaban J connectivity index is 2.97. The zero-order valence-electron chi connectivity index (χ0n) is 19.6. The molecule has 5 nitrogen and oxygen atoms in total. The molecule has 0 atom stereocenters. The average Bonchev–Trinajstić information content (AvgIpc) is 2.74. The summed E-state index contributed by atoms with van der Waals surface area (Å²) in [6.07, 6.45) is 15.9. The van der Waals surface area contributed by atoms with Crippen LogP contribution in [0.3, 0.4) is 0 Å². The van der Waals surface area contributed by atoms with Crippen LogP contribution in [-0.4, -0.2) is 66.1 Å². The maximum atomic E-state index is 5.62. The van der Waals surface area contributed by atoms with Crippen molar-refractivity contribution in [2.75, 3.05) is 66.1 Å². The minimum atomic E-state index is 0.605. The van der Waals surface area contributed by atoms with Gasteiger partial charge in [0.25, 0.3) is 0 Å². The first-order valence-electron chi connectivity index (χ1n) is 12.3. The smallest absolute Gasteiger partial charge is 0.0701 e. The first-order valence-corrected chi connectivity index (χ1v) is 12.3. The highest BCUT2D eigenvalue weighted by Crippen LogP contribution is 2.10. The highest BCUT2D eigenvalue weighted by Gasteiger charge is 1.95. The van der Waals surface area contributed by atoms with E-state index in [2.05, 4.69) is 13.8 Å². The van der Waals surface area contributed by atoms with E-state index in [1.165, 1.54) is 70.6 Å². The van der Waals surface area contributed by atoms with E-state index in [4.69, 9.17) is 23.7 Å². The van der Waals surface area contributed by atoms with Crippen molar-refractivity contribution in [2.45, 2.75) is 90.9 Å². The third kappa shape index (κ3) is 27.8. The predicted octanol–water partition coefficient (Wildman–Crippen LogP) is 5.79. The van der Waals surface area contributed by atoms with E-state index in [1.54, 1.807) is 0 Å². The van der Waals surface area contributed by atoms with Crippen LogP contribution in [0.15, 0.2) is 0 Å². The van der Waals surface area contributed by atoms with Gasteiger partial charge in [-0.1, -0.05) is 78.1 Å². The van der Waals surface area contributed by atoms with Gasteiger partial charge >= 0.3 is 0 Å². The topological polar surface area (TPSA) is 46.2 Å². The average molecular weight is 419 g/mol. The lowest BCUT2D eigenvalue weighted by Gasteiger charge is -2.08. The zero-order valence-corrected chi connectivity index (χ0v) is 19.6. The van der Waals surface area contributed by atoms with E-state index >= 15 is 0 Å². The molecule has 0 saturated carbocycles. The second-order valence-electron chi connectivity index (χ2n) is 7.60. The second-order valence-corrected chi connectivity index (χ2v) is 7.60. The van der Waals surface area contributed by atoms with Crippen LogP contribution in [-0.2, 0) is 23.7 Å². The maximum Gasteiger partial charge on any atom is 0.0701 e. The molecule has 0 radical (unpaired) electrons. The molecule has 0 aromatic carbocycles. The highest BCUT2D eigenvalue weighted by molar-refractivity contribution is 4.47. The summed E-state index contributed by atoms with van der Waals surface area (Å²) in [5.41, 5.74) is 0. The van der Waals surface area contributed by atoms with Gasteiger partial charge in [0.2, 0.25) is 0 Å². The Hall–Kier alpha value is -0.200. The van der Waals surface area contributed by atoms with E-state index in [1.807, 2.05) is 0 Å². The second kappa shape index (κ2) is 27.8. The molecule has 0 aromatic heterocycles. The fourth-order valence-electron chi connectivity index (χ4n) is 2.92. The summed E-state index contributed by atoms with van der Waals surface area (Å²) >= 11 is 0. The van der Waals surface area contributed by atoms with Crippen LogP contribution < -0.4 is 0 Å². The van der Waals surface area contributed by atoms with Crippen LogP contribution in [0.4, 0.5) is 0 Å². The third-order valence-electron chi connectivity index (χ3n) is 4.77. The van der Waals surface area contributed by atoms with Gasteiger partial charge in [0.1, 0.15) is 0 Å². The van der Waals surface area contributed by atoms with E-state index in [0.717, 1.165) is 19.6 Å². The van der Waals surface area contributed by atoms with Gasteiger partial charge in [-0.05, 0) is 12.8 Å². The SMILES string of the molecule is CCCCCCCCCCCCOCCOCCOCCOCCOCCCC. The Morgan fingerprint density at radius 3 is 0.931 bits per heavy atom. The summed E-state index contributed by atoms with van der Waals surface area (Å²) in [7, 11) is 0. The van der Waals surface area contributed by atoms with Crippen molar-refractivity contribution in [3.63, 3.8) is 0 Å². The van der Waals surface area contributed by atoms with Crippen LogP contribution in [0.5, 0.6) is 0 Å². The summed E-state index contributed by atoms with van der Waals surface area (Å²) in [6, 6.07) is 0. The Kier molecular flexibility index (Phi) is 27.6. The van der Waals surface area contributed by atoms with E-state index in [-0.39, 0.29) is 0 Å². The lowest BCUT2D eigenvalue weighted by molar-refractivity contribution is -0.0113. The molecular weight excluding hydrogens is 368 g/mol. The van der Waals surface area contributed by atoms with Crippen molar-refractivity contribution in [2.24, 2.45) is 0 Å². The standard InChI is InChI=1S/C24H50O5/c1-3-5-7-8-9-10-11-12-13-14-16-26-18-20-28-22-24-29-23-21-27-19-17-25-15-6-4-2/h3-24H2,1-2H3. The minimum Gasteiger partial charge on any atom is -0.379 e. The van der Waals surface area contributed by atoms with Crippen molar-refractivity contribution < 1.29 is 23.7 Å². The van der Waals surface area contributed by atoms with Crippen LogP contribution in [0.2, 0.25) is 0 Å². The molecule has 0 saturated heterocycles. The number of hydrogen-bond donors (Lipinski definition) is 0. The van der Waals surface area contributed by atoms with Crippen LogP contribution in [0, 0.1) is 0 Å². The van der Waals surface area contributed by atoms with Gasteiger partial charge in [-0.25, -0.2) is 0 Å². The fraction of sp³-hybridized carbons (Fsp3) is 1.00. The maximum absolute atomic E-state index is 5.62. The lowest BCUT2D eigenvalue weighted by Crippen LogP contribution is -2.13. The van der Waals surface area contributed by atoms with Crippen LogP contribution in [0.1, 0.15) is 90.9 Å². The number of rotatable bonds is 26. The normalized spacial score (nSPS) is 11.4. The predicted molar refractivity (Wildman–Crippen MR) is 121 cm³/mol. The summed E-state index contributed by atoms with van der Waals surface area (Å²) in [5, 5.41) is 0. The molecule has 0 aliphatic heterocycles. The summed E-state index contributed by atoms with van der Waals surface area (Å²) in [6.45, 7) is 11.2. The van der Waals surface area contributed by atoms with Crippen LogP contribution in [0.25, 0.3) is 0 Å². The van der Waals surface area contributed by atoms with Crippen molar-refractivity contribution >= 4 is 0 Å². The van der Waals surface area contributed by atoms with Gasteiger partial charge in [0.05, 0.1) is 52.9 Å². The van der Waals surface area contributed by atoms with Crippen molar-refractivity contribution in [3.05, 3.63) is 0 Å². The molecule has 5 heteroatoms. The largest absolute Gasteiger partial charge is 0.379 e. The molecule has 0 fully saturated rings. The monoisotopic (exact) mass is 418 g/mol. The Bertz CT molecular complexity index is 250. The highest BCUT2D eigenvalue weighted by atomic mass is 16.6. The molecule has 0 heterocycles. The fourth-order valence-corrected chi connectivity index (χ4v) is 2.92. The van der Waals surface area contributed by atoms with E-state index in [9.17, 15) is 0 Å². The summed E-state index contributed by atoms with van der Waals surface area (Å²) < 4.78 is 27.4. The third-order valence-corrected chi connectivity index (χ3v) is 4.77. The van der Waals surface area contributed by atoms with Crippen molar-refractivity contribution in [1.29, 1.82) is 0 Å². The molecule has 0 N–H and O–H groups in total. The van der Waals surface area contributed by atoms with Crippen molar-refractivity contribution in [3.8, 4) is 0 Å². The molecule has 0 aromatic rings. The number of hydrogen-bond acceptors (Lipinski definition) is 5. The molecular formula is C24H50O5. The van der Waals surface area contributed by atoms with Gasteiger partial charge in [0.15, 0.2) is 0 Å². The van der Waals surface area contributed by atoms with Crippen molar-refractivity contribution in [1.82, 2.24) is 0 Å². The zero-order chi connectivity index (χ0) is 21.1. The molecule has 176 valence electrons. The van der Waals surface area contributed by atoms with Gasteiger partial charge < -0.3 is 23.7 Å². The van der Waals surface area contributed by atoms with E-state index in [0.29, 0.717) is 52.9 Å². The molecule has 0 aliphatic carbocycles. The summed E-state index contributed by atoms with van der Waals surface area (Å²) in [4.78, 5) is 0. The van der Waals surface area contributed by atoms with Gasteiger partial charge in [0, 0.05) is 13.2 Å². The Labute approximate surface area is 181 Å². The van der Waals surface area contributed by atoms with Crippen LogP contribution >= 0.6 is 0 Å². The molecule has 29 heavy (non-hydrogen) atoms. The molecule has 0 aliphatic rings. The van der Waals surface area contributed by atoms with Gasteiger partial charge in [-0.2, -0.15) is 0 Å². The van der Waals surface area contributed by atoms with Gasteiger partial charge in [-0.15, -0.1) is 0 Å². The Morgan fingerprint density at radius 1 is 0.276 bits per heavy atom. The first kappa shape index (κ1) is 28.8. The quantitative estimate of drug-likeness (QED) is 0.166. The molecule has 0 bridgehead atoms. The first-order chi connectivity index (χ1) is 14.4. The molecule has 0 spiro atoms. The van der Waals surface area contributed by atoms with E-state index < -0.39 is 0 Å². The van der Waals surface area contributed by atoms with Gasteiger partial charge in [-0.3, -0.25) is 0 Å². The Morgan fingerprint density at radius 2 is 0.552 bits per heavy atom. The summed E-state index contributed by atoms with van der Waals surface area (Å²) in [5.74, 6) is 0. The number of ether oxygens (including phenoxy) is 5. The minimum absolute atomic E-state index is 0.605. The number of unbranched alkanes of at least 4 members (excludes halogenated alkanes) is 10. The molecule has 0 unspecified atom stereocenters. The lowest BCUT2D eigenvalue weighted by atomic mass is 10.1.